The minimum atomic E-state index is -0.125. The molecule has 0 unspecified atom stereocenters. The van der Waals surface area contributed by atoms with Crippen molar-refractivity contribution in [2.24, 2.45) is 0 Å². The van der Waals surface area contributed by atoms with Crippen LogP contribution in [-0.4, -0.2) is 47.0 Å². The summed E-state index contributed by atoms with van der Waals surface area (Å²) < 4.78 is 3.73. The van der Waals surface area contributed by atoms with Gasteiger partial charge >= 0.3 is 0 Å². The highest BCUT2D eigenvalue weighted by Gasteiger charge is 2.15. The molecule has 2 N–H and O–H groups in total. The maximum atomic E-state index is 12.6. The first-order valence-corrected chi connectivity index (χ1v) is 12.0. The second kappa shape index (κ2) is 9.57. The molecular formula is C26H25N9O. The quantitative estimate of drug-likeness (QED) is 0.328. The van der Waals surface area contributed by atoms with E-state index in [-0.39, 0.29) is 5.91 Å². The van der Waals surface area contributed by atoms with Gasteiger partial charge in [0.25, 0.3) is 5.91 Å². The molecule has 0 saturated heterocycles. The number of aromatic nitrogens is 7. The van der Waals surface area contributed by atoms with Gasteiger partial charge in [-0.15, -0.1) is 5.10 Å². The van der Waals surface area contributed by atoms with E-state index in [0.29, 0.717) is 29.2 Å². The fraction of sp³-hybridized carbons (Fsp3) is 0.231. The van der Waals surface area contributed by atoms with Gasteiger partial charge in [0, 0.05) is 36.7 Å². The zero-order chi connectivity index (χ0) is 24.3. The number of imidazole rings is 1. The first-order valence-electron chi connectivity index (χ1n) is 12.0. The lowest BCUT2D eigenvalue weighted by Crippen LogP contribution is -2.25. The molecule has 180 valence electrons. The molecule has 36 heavy (non-hydrogen) atoms. The molecule has 5 aromatic rings. The Morgan fingerprint density at radius 3 is 2.94 bits per heavy atom. The van der Waals surface area contributed by atoms with E-state index in [1.807, 2.05) is 22.9 Å². The van der Waals surface area contributed by atoms with Crippen molar-refractivity contribution in [2.45, 2.75) is 32.2 Å². The van der Waals surface area contributed by atoms with Gasteiger partial charge in [-0.1, -0.05) is 17.3 Å². The van der Waals surface area contributed by atoms with Crippen LogP contribution >= 0.6 is 0 Å². The number of benzene rings is 2. The molecule has 3 aromatic heterocycles. The van der Waals surface area contributed by atoms with Crippen LogP contribution in [0.25, 0.3) is 16.9 Å². The predicted molar refractivity (Wildman–Crippen MR) is 135 cm³/mol. The van der Waals surface area contributed by atoms with E-state index in [1.54, 1.807) is 35.5 Å². The third-order valence-electron chi connectivity index (χ3n) is 6.34. The summed E-state index contributed by atoms with van der Waals surface area (Å²) in [6.45, 7) is 1.38. The number of rotatable bonds is 8. The summed E-state index contributed by atoms with van der Waals surface area (Å²) in [6.07, 6.45) is 11.3. The lowest BCUT2D eigenvalue weighted by Gasteiger charge is -2.09. The van der Waals surface area contributed by atoms with Gasteiger partial charge < -0.3 is 15.2 Å². The molecule has 0 bridgehead atoms. The molecule has 0 saturated carbocycles. The van der Waals surface area contributed by atoms with E-state index in [4.69, 9.17) is 0 Å². The number of carbonyl (C=O) groups excluding carboxylic acids is 1. The smallest absolute Gasteiger partial charge is 0.251 e. The fourth-order valence-electron chi connectivity index (χ4n) is 4.50. The Morgan fingerprint density at radius 2 is 2.03 bits per heavy atom. The van der Waals surface area contributed by atoms with Crippen molar-refractivity contribution in [3.05, 3.63) is 84.1 Å². The van der Waals surface area contributed by atoms with Crippen molar-refractivity contribution in [3.8, 4) is 5.69 Å². The van der Waals surface area contributed by atoms with Crippen molar-refractivity contribution in [2.75, 3.05) is 11.9 Å². The zero-order valence-corrected chi connectivity index (χ0v) is 19.6. The van der Waals surface area contributed by atoms with Crippen LogP contribution in [0, 0.1) is 0 Å². The van der Waals surface area contributed by atoms with E-state index < -0.39 is 0 Å². The number of fused-ring (bicyclic) bond motifs is 2. The summed E-state index contributed by atoms with van der Waals surface area (Å²) in [5, 5.41) is 14.7. The van der Waals surface area contributed by atoms with Crippen LogP contribution in [0.2, 0.25) is 0 Å². The number of anilines is 2. The second-order valence-electron chi connectivity index (χ2n) is 8.83. The summed E-state index contributed by atoms with van der Waals surface area (Å²) in [4.78, 5) is 25.7. The van der Waals surface area contributed by atoms with Gasteiger partial charge in [0.05, 0.1) is 18.2 Å². The van der Waals surface area contributed by atoms with E-state index in [2.05, 4.69) is 54.1 Å². The first kappa shape index (κ1) is 21.9. The molecule has 0 fully saturated rings. The highest BCUT2D eigenvalue weighted by atomic mass is 16.1. The average Bonchev–Trinajstić information content (AvgIpc) is 3.67. The molecule has 1 aliphatic rings. The number of hydrogen-bond donors (Lipinski definition) is 2. The average molecular weight is 480 g/mol. The summed E-state index contributed by atoms with van der Waals surface area (Å²) in [6, 6.07) is 13.7. The first-order chi connectivity index (χ1) is 17.7. The van der Waals surface area contributed by atoms with Gasteiger partial charge in [-0.2, -0.15) is 9.67 Å². The third-order valence-corrected chi connectivity index (χ3v) is 6.34. The molecule has 0 aliphatic heterocycles. The van der Waals surface area contributed by atoms with Crippen molar-refractivity contribution >= 4 is 28.7 Å². The zero-order valence-electron chi connectivity index (χ0n) is 19.6. The molecule has 1 aliphatic carbocycles. The minimum Gasteiger partial charge on any atom is -0.352 e. The lowest BCUT2D eigenvalue weighted by atomic mass is 10.1. The Morgan fingerprint density at radius 1 is 1.08 bits per heavy atom. The van der Waals surface area contributed by atoms with Gasteiger partial charge in [0.1, 0.15) is 0 Å². The molecule has 0 spiro atoms. The number of amides is 1. The number of hydrogen-bond acceptors (Lipinski definition) is 7. The molecular weight excluding hydrogens is 454 g/mol. The normalized spacial score (nSPS) is 12.6. The summed E-state index contributed by atoms with van der Waals surface area (Å²) >= 11 is 0. The molecule has 1 amide bonds. The Bertz CT molecular complexity index is 1520. The number of nitrogens with zero attached hydrogens (tertiary/aromatic N) is 7. The predicted octanol–water partition coefficient (Wildman–Crippen LogP) is 3.46. The largest absolute Gasteiger partial charge is 0.352 e. The highest BCUT2D eigenvalue weighted by Crippen LogP contribution is 2.25. The maximum Gasteiger partial charge on any atom is 0.251 e. The van der Waals surface area contributed by atoms with E-state index in [9.17, 15) is 4.79 Å². The van der Waals surface area contributed by atoms with Gasteiger partial charge in [0.15, 0.2) is 11.2 Å². The summed E-state index contributed by atoms with van der Waals surface area (Å²) in [5.41, 5.74) is 6.23. The standard InChI is InChI=1S/C26H25N9O/c36-25(28-10-3-12-34-13-11-27-17-34)20-6-2-7-21(14-20)30-26-29-16-23-24(31-26)35(33-32-23)22-9-8-18-4-1-5-19(18)15-22/h2,6-9,11,13-17H,1,3-5,10,12H2,(H,28,36)(H,29,30,31). The Kier molecular flexibility index (Phi) is 5.82. The number of carbonyl (C=O) groups is 1. The number of nitrogens with one attached hydrogen (secondary N) is 2. The van der Waals surface area contributed by atoms with E-state index in [0.717, 1.165) is 37.2 Å². The molecule has 10 heteroatoms. The molecule has 0 radical (unpaired) electrons. The van der Waals surface area contributed by atoms with Gasteiger partial charge in [-0.3, -0.25) is 4.79 Å². The SMILES string of the molecule is O=C(NCCCn1ccnc1)c1cccc(Nc2ncc3nnn(-c4ccc5c(c4)CCC5)c3n2)c1. The van der Waals surface area contributed by atoms with Crippen molar-refractivity contribution in [1.29, 1.82) is 0 Å². The third kappa shape index (κ3) is 4.52. The van der Waals surface area contributed by atoms with Crippen molar-refractivity contribution < 1.29 is 4.79 Å². The van der Waals surface area contributed by atoms with Crippen LogP contribution in [0.15, 0.2) is 67.4 Å². The van der Waals surface area contributed by atoms with Crippen LogP contribution < -0.4 is 10.6 Å². The van der Waals surface area contributed by atoms with Crippen molar-refractivity contribution in [3.63, 3.8) is 0 Å². The fourth-order valence-corrected chi connectivity index (χ4v) is 4.50. The second-order valence-corrected chi connectivity index (χ2v) is 8.83. The lowest BCUT2D eigenvalue weighted by molar-refractivity contribution is 0.0952. The Labute approximate surface area is 207 Å². The number of aryl methyl sites for hydroxylation is 3. The van der Waals surface area contributed by atoms with Crippen LogP contribution in [0.5, 0.6) is 0 Å². The van der Waals surface area contributed by atoms with E-state index in [1.165, 1.54) is 17.5 Å². The van der Waals surface area contributed by atoms with Gasteiger partial charge in [0.2, 0.25) is 5.95 Å². The molecule has 3 heterocycles. The van der Waals surface area contributed by atoms with Gasteiger partial charge in [-0.05, 0) is 67.1 Å². The Balaban J connectivity index is 1.15. The minimum absolute atomic E-state index is 0.125. The summed E-state index contributed by atoms with van der Waals surface area (Å²) in [7, 11) is 0. The topological polar surface area (TPSA) is 115 Å². The van der Waals surface area contributed by atoms with Gasteiger partial charge in [-0.25, -0.2) is 9.97 Å². The summed E-state index contributed by atoms with van der Waals surface area (Å²) in [5.74, 6) is 0.282. The monoisotopic (exact) mass is 479 g/mol. The molecule has 10 nitrogen and oxygen atoms in total. The highest BCUT2D eigenvalue weighted by molar-refractivity contribution is 5.95. The molecule has 2 aromatic carbocycles. The maximum absolute atomic E-state index is 12.6. The van der Waals surface area contributed by atoms with E-state index >= 15 is 0 Å². The van der Waals surface area contributed by atoms with Crippen LogP contribution in [0.3, 0.4) is 0 Å². The Hall–Kier alpha value is -4.60. The molecule has 0 atom stereocenters. The van der Waals surface area contributed by atoms with Crippen LogP contribution in [0.4, 0.5) is 11.6 Å². The van der Waals surface area contributed by atoms with Crippen molar-refractivity contribution in [1.82, 2.24) is 39.8 Å². The van der Waals surface area contributed by atoms with Crippen LogP contribution in [-0.2, 0) is 19.4 Å². The van der Waals surface area contributed by atoms with Crippen LogP contribution in [0.1, 0.15) is 34.3 Å². The molecule has 6 rings (SSSR count).